The highest BCUT2D eigenvalue weighted by Crippen LogP contribution is 2.33. The number of sulfonamides is 1. The topological polar surface area (TPSA) is 127 Å². The smallest absolute Gasteiger partial charge is 0.253 e. The number of carbonyl (C=O) groups excluding carboxylic acids is 2. The number of carbonyl (C=O) groups is 2. The van der Waals surface area contributed by atoms with Gasteiger partial charge in [0.2, 0.25) is 15.9 Å². The van der Waals surface area contributed by atoms with Crippen LogP contribution >= 0.6 is 0 Å². The molecular formula is C23H25N3O7S. The van der Waals surface area contributed by atoms with Crippen molar-refractivity contribution in [3.63, 3.8) is 0 Å². The molecular weight excluding hydrogens is 462 g/mol. The van der Waals surface area contributed by atoms with Crippen LogP contribution in [0.15, 0.2) is 65.3 Å². The first kappa shape index (κ1) is 24.6. The number of furan rings is 1. The van der Waals surface area contributed by atoms with Crippen LogP contribution < -0.4 is 24.4 Å². The summed E-state index contributed by atoms with van der Waals surface area (Å²) in [5.74, 6) is 0.189. The predicted octanol–water partition coefficient (Wildman–Crippen LogP) is 2.63. The Balaban J connectivity index is 1.79. The summed E-state index contributed by atoms with van der Waals surface area (Å²) in [5.41, 5.74) is 0.625. The van der Waals surface area contributed by atoms with Gasteiger partial charge in [-0.3, -0.25) is 13.9 Å². The fourth-order valence-electron chi connectivity index (χ4n) is 3.16. The van der Waals surface area contributed by atoms with Crippen LogP contribution in [0.25, 0.3) is 0 Å². The quantitative estimate of drug-likeness (QED) is 0.450. The van der Waals surface area contributed by atoms with Crippen LogP contribution in [-0.2, 0) is 21.4 Å². The molecule has 0 bridgehead atoms. The second-order valence-electron chi connectivity index (χ2n) is 7.16. The van der Waals surface area contributed by atoms with Crippen molar-refractivity contribution < 1.29 is 31.9 Å². The molecule has 0 fully saturated rings. The summed E-state index contributed by atoms with van der Waals surface area (Å²) in [7, 11) is -1.000. The molecule has 10 nitrogen and oxygen atoms in total. The van der Waals surface area contributed by atoms with E-state index in [0.29, 0.717) is 11.5 Å². The summed E-state index contributed by atoms with van der Waals surface area (Å²) in [6, 6.07) is 14.4. The van der Waals surface area contributed by atoms with E-state index in [-0.39, 0.29) is 29.2 Å². The highest BCUT2D eigenvalue weighted by Gasteiger charge is 2.25. The molecule has 0 unspecified atom stereocenters. The van der Waals surface area contributed by atoms with Gasteiger partial charge in [0, 0.05) is 6.07 Å². The van der Waals surface area contributed by atoms with Gasteiger partial charge in [0.25, 0.3) is 5.91 Å². The van der Waals surface area contributed by atoms with Crippen molar-refractivity contribution in [3.05, 3.63) is 72.2 Å². The maximum absolute atomic E-state index is 12.9. The van der Waals surface area contributed by atoms with Crippen LogP contribution in [0.2, 0.25) is 0 Å². The van der Waals surface area contributed by atoms with Crippen LogP contribution in [0, 0.1) is 0 Å². The SMILES string of the molecule is COc1ccc(N(CC(=O)Nc2ccccc2C(=O)NCc2ccco2)S(C)(=O)=O)c(OC)c1. The third kappa shape index (κ3) is 6.07. The van der Waals surface area contributed by atoms with Crippen molar-refractivity contribution in [2.45, 2.75) is 6.54 Å². The van der Waals surface area contributed by atoms with Gasteiger partial charge in [-0.1, -0.05) is 12.1 Å². The van der Waals surface area contributed by atoms with Gasteiger partial charge < -0.3 is 24.5 Å². The second-order valence-corrected chi connectivity index (χ2v) is 9.07. The van der Waals surface area contributed by atoms with Gasteiger partial charge in [-0.05, 0) is 36.4 Å². The molecule has 34 heavy (non-hydrogen) atoms. The zero-order valence-corrected chi connectivity index (χ0v) is 19.7. The number of methoxy groups -OCH3 is 2. The summed E-state index contributed by atoms with van der Waals surface area (Å²) < 4.78 is 41.6. The van der Waals surface area contributed by atoms with Gasteiger partial charge in [-0.2, -0.15) is 0 Å². The first-order valence-electron chi connectivity index (χ1n) is 10.1. The number of nitrogens with one attached hydrogen (secondary N) is 2. The number of nitrogens with zero attached hydrogens (tertiary/aromatic N) is 1. The Labute approximate surface area is 197 Å². The van der Waals surface area contributed by atoms with Gasteiger partial charge in [0.15, 0.2) is 0 Å². The predicted molar refractivity (Wildman–Crippen MR) is 127 cm³/mol. The van der Waals surface area contributed by atoms with Crippen molar-refractivity contribution in [2.24, 2.45) is 0 Å². The van der Waals surface area contributed by atoms with Crippen molar-refractivity contribution >= 4 is 33.2 Å². The molecule has 3 aromatic rings. The molecule has 2 N–H and O–H groups in total. The molecule has 0 aliphatic carbocycles. The fraction of sp³-hybridized carbons (Fsp3) is 0.217. The van der Waals surface area contributed by atoms with Gasteiger partial charge >= 0.3 is 0 Å². The molecule has 0 saturated heterocycles. The molecule has 0 spiro atoms. The van der Waals surface area contributed by atoms with Gasteiger partial charge in [-0.25, -0.2) is 8.42 Å². The maximum atomic E-state index is 12.9. The van der Waals surface area contributed by atoms with Crippen LogP contribution in [0.1, 0.15) is 16.1 Å². The average molecular weight is 488 g/mol. The minimum atomic E-state index is -3.86. The lowest BCUT2D eigenvalue weighted by molar-refractivity contribution is -0.114. The molecule has 3 rings (SSSR count). The van der Waals surface area contributed by atoms with Crippen LogP contribution in [-0.4, -0.2) is 47.3 Å². The number of rotatable bonds is 10. The number of hydrogen-bond donors (Lipinski definition) is 2. The zero-order valence-electron chi connectivity index (χ0n) is 18.9. The van der Waals surface area contributed by atoms with Gasteiger partial charge in [0.05, 0.1) is 50.2 Å². The first-order valence-corrected chi connectivity index (χ1v) is 12.0. The zero-order chi connectivity index (χ0) is 24.7. The van der Waals surface area contributed by atoms with E-state index < -0.39 is 28.4 Å². The molecule has 1 aromatic heterocycles. The Kier molecular flexibility index (Phi) is 7.79. The Morgan fingerprint density at radius 1 is 1.03 bits per heavy atom. The highest BCUT2D eigenvalue weighted by atomic mass is 32.2. The van der Waals surface area contributed by atoms with E-state index in [1.54, 1.807) is 42.5 Å². The van der Waals surface area contributed by atoms with E-state index in [1.807, 2.05) is 0 Å². The van der Waals surface area contributed by atoms with E-state index in [2.05, 4.69) is 10.6 Å². The first-order chi connectivity index (χ1) is 16.2. The van der Waals surface area contributed by atoms with Crippen LogP contribution in [0.3, 0.4) is 0 Å². The Morgan fingerprint density at radius 3 is 2.44 bits per heavy atom. The molecule has 1 heterocycles. The molecule has 180 valence electrons. The molecule has 11 heteroatoms. The van der Waals surface area contributed by atoms with Crippen molar-refractivity contribution in [1.29, 1.82) is 0 Å². The highest BCUT2D eigenvalue weighted by molar-refractivity contribution is 7.92. The van der Waals surface area contributed by atoms with Crippen molar-refractivity contribution in [3.8, 4) is 11.5 Å². The Morgan fingerprint density at radius 2 is 1.79 bits per heavy atom. The molecule has 0 atom stereocenters. The Bertz CT molecular complexity index is 1260. The minimum Gasteiger partial charge on any atom is -0.497 e. The summed E-state index contributed by atoms with van der Waals surface area (Å²) in [6.45, 7) is -0.364. The van der Waals surface area contributed by atoms with Crippen molar-refractivity contribution in [1.82, 2.24) is 5.32 Å². The third-order valence-electron chi connectivity index (χ3n) is 4.79. The van der Waals surface area contributed by atoms with Crippen LogP contribution in [0.4, 0.5) is 11.4 Å². The number of ether oxygens (including phenoxy) is 2. The number of hydrogen-bond acceptors (Lipinski definition) is 7. The van der Waals surface area contributed by atoms with E-state index in [4.69, 9.17) is 13.9 Å². The number of amides is 2. The number of anilines is 2. The largest absolute Gasteiger partial charge is 0.497 e. The van der Waals surface area contributed by atoms with E-state index in [0.717, 1.165) is 10.6 Å². The minimum absolute atomic E-state index is 0.172. The third-order valence-corrected chi connectivity index (χ3v) is 5.92. The summed E-state index contributed by atoms with van der Waals surface area (Å²) in [5, 5.41) is 5.34. The average Bonchev–Trinajstić information content (AvgIpc) is 3.34. The summed E-state index contributed by atoms with van der Waals surface area (Å²) in [4.78, 5) is 25.5. The lowest BCUT2D eigenvalue weighted by Crippen LogP contribution is -2.38. The molecule has 0 saturated carbocycles. The van der Waals surface area contributed by atoms with E-state index >= 15 is 0 Å². The lowest BCUT2D eigenvalue weighted by atomic mass is 10.1. The number of benzene rings is 2. The van der Waals surface area contributed by atoms with Gasteiger partial charge in [-0.15, -0.1) is 0 Å². The standard InChI is InChI=1S/C23H25N3O7S/c1-31-16-10-11-20(21(13-16)32-2)26(34(3,29)30)15-22(27)25-19-9-5-4-8-18(19)23(28)24-14-17-7-6-12-33-17/h4-13H,14-15H2,1-3H3,(H,24,28)(H,25,27). The second kappa shape index (κ2) is 10.8. The summed E-state index contributed by atoms with van der Waals surface area (Å²) >= 11 is 0. The summed E-state index contributed by atoms with van der Waals surface area (Å²) in [6.07, 6.45) is 2.49. The number of para-hydroxylation sites is 1. The molecule has 0 aliphatic rings. The lowest BCUT2D eigenvalue weighted by Gasteiger charge is -2.24. The van der Waals surface area contributed by atoms with Crippen molar-refractivity contribution in [2.75, 3.05) is 36.6 Å². The molecule has 0 radical (unpaired) electrons. The van der Waals surface area contributed by atoms with Crippen LogP contribution in [0.5, 0.6) is 11.5 Å². The van der Waals surface area contributed by atoms with E-state index in [9.17, 15) is 18.0 Å². The molecule has 0 aliphatic heterocycles. The molecule has 2 aromatic carbocycles. The Hall–Kier alpha value is -3.99. The monoisotopic (exact) mass is 487 g/mol. The van der Waals surface area contributed by atoms with E-state index in [1.165, 1.54) is 32.6 Å². The normalized spacial score (nSPS) is 10.9. The fourth-order valence-corrected chi connectivity index (χ4v) is 4.02. The van der Waals surface area contributed by atoms with Gasteiger partial charge in [0.1, 0.15) is 23.8 Å². The maximum Gasteiger partial charge on any atom is 0.253 e. The molecule has 2 amide bonds.